The zero-order valence-electron chi connectivity index (χ0n) is 11.0. The first kappa shape index (κ1) is 14.5. The number of hydrogen-bond acceptors (Lipinski definition) is 4. The minimum atomic E-state index is 0.296. The number of halogens is 1. The van der Waals surface area contributed by atoms with Gasteiger partial charge < -0.3 is 10.1 Å². The Hall–Kier alpha value is 0.0600. The fourth-order valence-corrected chi connectivity index (χ4v) is 3.90. The third-order valence-electron chi connectivity index (χ3n) is 3.49. The molecule has 0 amide bonds. The van der Waals surface area contributed by atoms with Crippen LogP contribution in [0.4, 0.5) is 0 Å². The molecule has 1 aliphatic heterocycles. The Morgan fingerprint density at radius 1 is 1.61 bits per heavy atom. The number of ether oxygens (including phenoxy) is 1. The second-order valence-corrected chi connectivity index (χ2v) is 7.16. The molecular formula is C13H21BrN2OS. The molecule has 1 N–H and O–H groups in total. The summed E-state index contributed by atoms with van der Waals surface area (Å²) < 4.78 is 7.13. The Bertz CT molecular complexity index is 372. The topological polar surface area (TPSA) is 24.5 Å². The van der Waals surface area contributed by atoms with Crippen LogP contribution in [-0.4, -0.2) is 50.3 Å². The summed E-state index contributed by atoms with van der Waals surface area (Å²) in [7, 11) is 2.03. The van der Waals surface area contributed by atoms with Gasteiger partial charge in [-0.25, -0.2) is 0 Å². The van der Waals surface area contributed by atoms with Crippen LogP contribution in [-0.2, 0) is 11.2 Å². The Kier molecular flexibility index (Phi) is 5.63. The second-order valence-electron chi connectivity index (χ2n) is 4.61. The fraction of sp³-hybridized carbons (Fsp3) is 0.692. The van der Waals surface area contributed by atoms with Gasteiger partial charge in [-0.2, -0.15) is 0 Å². The van der Waals surface area contributed by atoms with Crippen LogP contribution in [0.2, 0.25) is 0 Å². The van der Waals surface area contributed by atoms with Crippen LogP contribution in [0.5, 0.6) is 0 Å². The lowest BCUT2D eigenvalue weighted by molar-refractivity contribution is -0.0434. The number of hydrogen-bond donors (Lipinski definition) is 1. The average Bonchev–Trinajstić information content (AvgIpc) is 2.81. The molecule has 1 aromatic heterocycles. The summed E-state index contributed by atoms with van der Waals surface area (Å²) in [5.41, 5.74) is 0. The average molecular weight is 333 g/mol. The molecule has 1 fully saturated rings. The van der Waals surface area contributed by atoms with Gasteiger partial charge in [-0.05, 0) is 48.1 Å². The van der Waals surface area contributed by atoms with Crippen molar-refractivity contribution in [1.82, 2.24) is 10.2 Å². The van der Waals surface area contributed by atoms with E-state index in [-0.39, 0.29) is 0 Å². The first-order valence-corrected chi connectivity index (χ1v) is 8.09. The van der Waals surface area contributed by atoms with E-state index in [1.807, 2.05) is 18.4 Å². The highest BCUT2D eigenvalue weighted by molar-refractivity contribution is 9.11. The van der Waals surface area contributed by atoms with Crippen LogP contribution >= 0.6 is 27.3 Å². The maximum Gasteiger partial charge on any atom is 0.0858 e. The minimum Gasteiger partial charge on any atom is -0.374 e. The molecule has 102 valence electrons. The standard InChI is InChI=1S/C13H21BrN2OS/c1-3-16-6-7-17-12(9-16)11(15-2)8-10-4-5-13(14)18-10/h4-5,11-12,15H,3,6-9H2,1-2H3. The van der Waals surface area contributed by atoms with Crippen molar-refractivity contribution in [3.8, 4) is 0 Å². The van der Waals surface area contributed by atoms with E-state index in [2.05, 4.69) is 45.2 Å². The van der Waals surface area contributed by atoms with E-state index in [9.17, 15) is 0 Å². The summed E-state index contributed by atoms with van der Waals surface area (Å²) in [6.07, 6.45) is 1.33. The number of nitrogens with one attached hydrogen (secondary N) is 1. The van der Waals surface area contributed by atoms with Crippen LogP contribution in [0.1, 0.15) is 11.8 Å². The van der Waals surface area contributed by atoms with Gasteiger partial charge in [0.25, 0.3) is 0 Å². The third-order valence-corrected chi connectivity index (χ3v) is 5.14. The fourth-order valence-electron chi connectivity index (χ4n) is 2.36. The smallest absolute Gasteiger partial charge is 0.0858 e. The maximum atomic E-state index is 5.93. The van der Waals surface area contributed by atoms with Crippen LogP contribution in [0, 0.1) is 0 Å². The van der Waals surface area contributed by atoms with E-state index in [0.717, 1.165) is 32.7 Å². The summed E-state index contributed by atoms with van der Waals surface area (Å²) in [6.45, 7) is 6.28. The third kappa shape index (κ3) is 3.78. The summed E-state index contributed by atoms with van der Waals surface area (Å²) in [5, 5.41) is 3.41. The van der Waals surface area contributed by atoms with Gasteiger partial charge >= 0.3 is 0 Å². The predicted molar refractivity (Wildman–Crippen MR) is 80.4 cm³/mol. The molecule has 0 aliphatic carbocycles. The monoisotopic (exact) mass is 332 g/mol. The van der Waals surface area contributed by atoms with Crippen molar-refractivity contribution in [1.29, 1.82) is 0 Å². The number of rotatable bonds is 5. The van der Waals surface area contributed by atoms with Crippen molar-refractivity contribution in [2.24, 2.45) is 0 Å². The summed E-state index contributed by atoms with van der Waals surface area (Å²) >= 11 is 5.33. The Morgan fingerprint density at radius 3 is 3.06 bits per heavy atom. The van der Waals surface area contributed by atoms with E-state index in [1.54, 1.807) is 0 Å². The van der Waals surface area contributed by atoms with Crippen LogP contribution in [0.15, 0.2) is 15.9 Å². The molecule has 1 saturated heterocycles. The molecule has 0 aromatic carbocycles. The van der Waals surface area contributed by atoms with Crippen molar-refractivity contribution in [3.63, 3.8) is 0 Å². The van der Waals surface area contributed by atoms with Crippen LogP contribution in [0.25, 0.3) is 0 Å². The highest BCUT2D eigenvalue weighted by Crippen LogP contribution is 2.24. The van der Waals surface area contributed by atoms with Gasteiger partial charge in [0, 0.05) is 24.0 Å². The van der Waals surface area contributed by atoms with E-state index in [4.69, 9.17) is 4.74 Å². The van der Waals surface area contributed by atoms with E-state index in [0.29, 0.717) is 12.1 Å². The Morgan fingerprint density at radius 2 is 2.44 bits per heavy atom. The van der Waals surface area contributed by atoms with Crippen LogP contribution in [0.3, 0.4) is 0 Å². The zero-order valence-corrected chi connectivity index (χ0v) is 13.4. The van der Waals surface area contributed by atoms with Gasteiger partial charge in [0.1, 0.15) is 0 Å². The first-order chi connectivity index (χ1) is 8.72. The lowest BCUT2D eigenvalue weighted by Gasteiger charge is -2.36. The van der Waals surface area contributed by atoms with E-state index in [1.165, 1.54) is 8.66 Å². The van der Waals surface area contributed by atoms with Crippen LogP contribution < -0.4 is 5.32 Å². The molecule has 2 rings (SSSR count). The molecule has 2 heterocycles. The zero-order chi connectivity index (χ0) is 13.0. The van der Waals surface area contributed by atoms with Crippen molar-refractivity contribution in [2.45, 2.75) is 25.5 Å². The summed E-state index contributed by atoms with van der Waals surface area (Å²) in [6, 6.07) is 4.71. The molecule has 3 nitrogen and oxygen atoms in total. The number of likely N-dealkylation sites (N-methyl/N-ethyl adjacent to an activating group) is 2. The number of morpholine rings is 1. The van der Waals surface area contributed by atoms with Gasteiger partial charge in [-0.1, -0.05) is 6.92 Å². The second kappa shape index (κ2) is 7.01. The minimum absolute atomic E-state index is 0.296. The van der Waals surface area contributed by atoms with Gasteiger partial charge in [-0.3, -0.25) is 4.90 Å². The summed E-state index contributed by atoms with van der Waals surface area (Å²) in [5.74, 6) is 0. The Labute approximate surface area is 122 Å². The van der Waals surface area contributed by atoms with E-state index < -0.39 is 0 Å². The van der Waals surface area contributed by atoms with Gasteiger partial charge in [-0.15, -0.1) is 11.3 Å². The number of thiophene rings is 1. The molecular weight excluding hydrogens is 312 g/mol. The van der Waals surface area contributed by atoms with Crippen molar-refractivity contribution >= 4 is 27.3 Å². The van der Waals surface area contributed by atoms with Crippen molar-refractivity contribution < 1.29 is 4.74 Å². The molecule has 2 atom stereocenters. The molecule has 5 heteroatoms. The molecule has 2 unspecified atom stereocenters. The molecule has 0 bridgehead atoms. The normalized spacial score (nSPS) is 23.2. The lowest BCUT2D eigenvalue weighted by Crippen LogP contribution is -2.52. The van der Waals surface area contributed by atoms with Crippen molar-refractivity contribution in [3.05, 3.63) is 20.8 Å². The molecule has 0 spiro atoms. The maximum absolute atomic E-state index is 5.93. The first-order valence-electron chi connectivity index (χ1n) is 6.48. The molecule has 0 radical (unpaired) electrons. The van der Waals surface area contributed by atoms with Gasteiger partial charge in [0.05, 0.1) is 16.5 Å². The highest BCUT2D eigenvalue weighted by atomic mass is 79.9. The molecule has 18 heavy (non-hydrogen) atoms. The number of nitrogens with zero attached hydrogens (tertiary/aromatic N) is 1. The highest BCUT2D eigenvalue weighted by Gasteiger charge is 2.26. The lowest BCUT2D eigenvalue weighted by atomic mass is 10.0. The predicted octanol–water partition coefficient (Wildman–Crippen LogP) is 2.36. The molecule has 1 aromatic rings. The SMILES string of the molecule is CCN1CCOC(C(Cc2ccc(Br)s2)NC)C1. The molecule has 0 saturated carbocycles. The quantitative estimate of drug-likeness (QED) is 0.895. The summed E-state index contributed by atoms with van der Waals surface area (Å²) in [4.78, 5) is 3.86. The Balaban J connectivity index is 1.95. The largest absolute Gasteiger partial charge is 0.374 e. The van der Waals surface area contributed by atoms with Gasteiger partial charge in [0.15, 0.2) is 0 Å². The molecule has 1 aliphatic rings. The van der Waals surface area contributed by atoms with E-state index >= 15 is 0 Å². The van der Waals surface area contributed by atoms with Crippen molar-refractivity contribution in [2.75, 3.05) is 33.3 Å². The van der Waals surface area contributed by atoms with Gasteiger partial charge in [0.2, 0.25) is 0 Å².